The lowest BCUT2D eigenvalue weighted by atomic mass is 9.83. The van der Waals surface area contributed by atoms with Gasteiger partial charge in [-0.25, -0.2) is 4.98 Å². The van der Waals surface area contributed by atoms with Crippen LogP contribution in [-0.2, 0) is 16.0 Å². The van der Waals surface area contributed by atoms with Gasteiger partial charge in [-0.3, -0.25) is 14.4 Å². The molecule has 0 bridgehead atoms. The van der Waals surface area contributed by atoms with E-state index in [4.69, 9.17) is 28.3 Å². The maximum Gasteiger partial charge on any atom is 0.305 e. The van der Waals surface area contributed by atoms with Gasteiger partial charge in [-0.1, -0.05) is 90.2 Å². The Morgan fingerprint density at radius 3 is 2.38 bits per heavy atom. The predicted molar refractivity (Wildman–Crippen MR) is 168 cm³/mol. The standard InChI is InChI=1S/C32H31Cl2N3O4S/c33-24-17-26(34)29-27(18-24)42-32(36-29)37-31(41)25(22-12-10-21(11-13-22)20-4-2-1-3-5-20)16-19-6-8-23(9-7-19)30(40)35-15-14-28(38)39/h6-13,17-18,20,25H,1-5,14-16H2,(H,35,40)(H,38,39)(H,36,37,41). The van der Waals surface area contributed by atoms with Crippen molar-refractivity contribution >= 4 is 67.7 Å². The molecule has 1 aromatic heterocycles. The van der Waals surface area contributed by atoms with Crippen molar-refractivity contribution in [3.05, 3.63) is 93.0 Å². The molecule has 10 heteroatoms. The van der Waals surface area contributed by atoms with E-state index in [1.54, 1.807) is 24.3 Å². The number of carbonyl (C=O) groups excluding carboxylic acids is 2. The Morgan fingerprint density at radius 1 is 0.976 bits per heavy atom. The molecule has 0 saturated heterocycles. The zero-order valence-corrected chi connectivity index (χ0v) is 25.2. The summed E-state index contributed by atoms with van der Waals surface area (Å²) in [4.78, 5) is 41.4. The molecule has 1 fully saturated rings. The van der Waals surface area contributed by atoms with Crippen molar-refractivity contribution < 1.29 is 19.5 Å². The van der Waals surface area contributed by atoms with Crippen molar-refractivity contribution in [2.75, 3.05) is 11.9 Å². The third-order valence-corrected chi connectivity index (χ3v) is 9.08. The van der Waals surface area contributed by atoms with Gasteiger partial charge in [-0.2, -0.15) is 0 Å². The summed E-state index contributed by atoms with van der Waals surface area (Å²) >= 11 is 13.8. The van der Waals surface area contributed by atoms with Crippen LogP contribution in [0.5, 0.6) is 0 Å². The molecule has 218 valence electrons. The second-order valence-corrected chi connectivity index (χ2v) is 12.5. The van der Waals surface area contributed by atoms with Crippen LogP contribution in [0.15, 0.2) is 60.7 Å². The van der Waals surface area contributed by atoms with E-state index in [1.165, 1.54) is 49.0 Å². The Hall–Kier alpha value is -3.46. The van der Waals surface area contributed by atoms with E-state index in [9.17, 15) is 14.4 Å². The number of amides is 2. The highest BCUT2D eigenvalue weighted by Crippen LogP contribution is 2.36. The lowest BCUT2D eigenvalue weighted by molar-refractivity contribution is -0.136. The third kappa shape index (κ3) is 7.48. The molecule has 0 aliphatic heterocycles. The molecule has 7 nitrogen and oxygen atoms in total. The van der Waals surface area contributed by atoms with Gasteiger partial charge in [0.15, 0.2) is 5.13 Å². The minimum absolute atomic E-state index is 0.0538. The maximum atomic E-state index is 13.8. The molecule has 4 aromatic rings. The largest absolute Gasteiger partial charge is 0.481 e. The van der Waals surface area contributed by atoms with Gasteiger partial charge in [0, 0.05) is 17.1 Å². The predicted octanol–water partition coefficient (Wildman–Crippen LogP) is 7.82. The normalized spacial score (nSPS) is 14.4. The first-order chi connectivity index (χ1) is 20.3. The number of hydrogen-bond donors (Lipinski definition) is 3. The molecule has 3 N–H and O–H groups in total. The smallest absolute Gasteiger partial charge is 0.305 e. The topological polar surface area (TPSA) is 108 Å². The van der Waals surface area contributed by atoms with E-state index in [2.05, 4.69) is 27.8 Å². The quantitative estimate of drug-likeness (QED) is 0.167. The number of thiazole rings is 1. The first-order valence-electron chi connectivity index (χ1n) is 14.0. The van der Waals surface area contributed by atoms with Crippen LogP contribution in [0.1, 0.15) is 77.4 Å². The van der Waals surface area contributed by atoms with Crippen molar-refractivity contribution in [3.8, 4) is 0 Å². The maximum absolute atomic E-state index is 13.8. The number of aromatic nitrogens is 1. The molecule has 0 spiro atoms. The first-order valence-corrected chi connectivity index (χ1v) is 15.6. The monoisotopic (exact) mass is 623 g/mol. The van der Waals surface area contributed by atoms with Crippen molar-refractivity contribution in [1.29, 1.82) is 0 Å². The van der Waals surface area contributed by atoms with Crippen LogP contribution in [0.4, 0.5) is 5.13 Å². The highest BCUT2D eigenvalue weighted by molar-refractivity contribution is 7.22. The van der Waals surface area contributed by atoms with Gasteiger partial charge in [0.05, 0.1) is 22.1 Å². The second kappa shape index (κ2) is 13.7. The molecule has 3 aromatic carbocycles. The number of nitrogens with zero attached hydrogens (tertiary/aromatic N) is 1. The number of carboxylic acid groups (broad SMARTS) is 1. The van der Waals surface area contributed by atoms with Crippen molar-refractivity contribution in [2.45, 2.75) is 56.8 Å². The first kappa shape index (κ1) is 30.0. The minimum Gasteiger partial charge on any atom is -0.481 e. The van der Waals surface area contributed by atoms with Crippen LogP contribution < -0.4 is 10.6 Å². The van der Waals surface area contributed by atoms with E-state index in [0.29, 0.717) is 38.6 Å². The highest BCUT2D eigenvalue weighted by atomic mass is 35.5. The fraction of sp³-hybridized carbons (Fsp3) is 0.312. The molecular weight excluding hydrogens is 593 g/mol. The van der Waals surface area contributed by atoms with Crippen LogP contribution in [0.2, 0.25) is 10.0 Å². The van der Waals surface area contributed by atoms with Crippen molar-refractivity contribution in [3.63, 3.8) is 0 Å². The number of rotatable bonds is 10. The molecule has 1 heterocycles. The van der Waals surface area contributed by atoms with Gasteiger partial charge in [0.1, 0.15) is 5.52 Å². The summed E-state index contributed by atoms with van der Waals surface area (Å²) in [5, 5.41) is 15.8. The molecule has 2 amide bonds. The Labute approximate surface area is 258 Å². The van der Waals surface area contributed by atoms with Gasteiger partial charge in [0.2, 0.25) is 5.91 Å². The number of nitrogens with one attached hydrogen (secondary N) is 2. The number of halogens is 2. The Morgan fingerprint density at radius 2 is 1.69 bits per heavy atom. The number of fused-ring (bicyclic) bond motifs is 1. The number of benzene rings is 3. The molecule has 1 saturated carbocycles. The summed E-state index contributed by atoms with van der Waals surface area (Å²) in [5.74, 6) is -1.46. The Bertz CT molecular complexity index is 1580. The average Bonchev–Trinajstić information content (AvgIpc) is 3.39. The van der Waals surface area contributed by atoms with Gasteiger partial charge in [-0.15, -0.1) is 0 Å². The molecule has 0 radical (unpaired) electrons. The van der Waals surface area contributed by atoms with Crippen LogP contribution >= 0.6 is 34.5 Å². The molecule has 1 unspecified atom stereocenters. The summed E-state index contributed by atoms with van der Waals surface area (Å²) in [7, 11) is 0. The number of anilines is 1. The van der Waals surface area contributed by atoms with E-state index in [0.717, 1.165) is 15.8 Å². The van der Waals surface area contributed by atoms with E-state index in [1.807, 2.05) is 24.3 Å². The number of aliphatic carboxylic acids is 1. The third-order valence-electron chi connectivity index (χ3n) is 7.66. The van der Waals surface area contributed by atoms with Gasteiger partial charge in [-0.05, 0) is 66.1 Å². The summed E-state index contributed by atoms with van der Waals surface area (Å²) in [6, 6.07) is 18.8. The van der Waals surface area contributed by atoms with Crippen molar-refractivity contribution in [1.82, 2.24) is 10.3 Å². The number of hydrogen-bond acceptors (Lipinski definition) is 5. The lowest BCUT2D eigenvalue weighted by Crippen LogP contribution is -2.26. The van der Waals surface area contributed by atoms with E-state index >= 15 is 0 Å². The molecule has 1 aliphatic rings. The van der Waals surface area contributed by atoms with Crippen LogP contribution in [-0.4, -0.2) is 34.4 Å². The Balaban J connectivity index is 1.36. The van der Waals surface area contributed by atoms with Gasteiger partial charge < -0.3 is 15.7 Å². The van der Waals surface area contributed by atoms with Crippen LogP contribution in [0.3, 0.4) is 0 Å². The molecule has 42 heavy (non-hydrogen) atoms. The number of carbonyl (C=O) groups is 3. The van der Waals surface area contributed by atoms with E-state index in [-0.39, 0.29) is 24.8 Å². The molecule has 1 aliphatic carbocycles. The zero-order chi connectivity index (χ0) is 29.6. The summed E-state index contributed by atoms with van der Waals surface area (Å²) < 4.78 is 0.786. The highest BCUT2D eigenvalue weighted by Gasteiger charge is 2.24. The van der Waals surface area contributed by atoms with Crippen molar-refractivity contribution in [2.24, 2.45) is 0 Å². The molecule has 5 rings (SSSR count). The summed E-state index contributed by atoms with van der Waals surface area (Å²) in [6.45, 7) is 0.0538. The molecule has 1 atom stereocenters. The van der Waals surface area contributed by atoms with Crippen LogP contribution in [0.25, 0.3) is 10.2 Å². The second-order valence-electron chi connectivity index (χ2n) is 10.6. The summed E-state index contributed by atoms with van der Waals surface area (Å²) in [5.41, 5.74) is 4.10. The average molecular weight is 625 g/mol. The van der Waals surface area contributed by atoms with E-state index < -0.39 is 11.9 Å². The zero-order valence-electron chi connectivity index (χ0n) is 22.9. The number of carboxylic acids is 1. The fourth-order valence-corrected chi connectivity index (χ4v) is 7.01. The van der Waals surface area contributed by atoms with Crippen LogP contribution in [0, 0.1) is 0 Å². The SMILES string of the molecule is O=C(O)CCNC(=O)c1ccc(CC(C(=O)Nc2nc3c(Cl)cc(Cl)cc3s2)c2ccc(C3CCCCC3)cc2)cc1. The Kier molecular flexibility index (Phi) is 9.77. The lowest BCUT2D eigenvalue weighted by Gasteiger charge is -2.23. The fourth-order valence-electron chi connectivity index (χ4n) is 5.41. The summed E-state index contributed by atoms with van der Waals surface area (Å²) in [6.07, 6.45) is 6.46. The van der Waals surface area contributed by atoms with Gasteiger partial charge >= 0.3 is 5.97 Å². The van der Waals surface area contributed by atoms with Gasteiger partial charge in [0.25, 0.3) is 5.91 Å². The minimum atomic E-state index is -0.973. The molecular formula is C32H31Cl2N3O4S.